The molecule has 0 aliphatic heterocycles. The predicted octanol–water partition coefficient (Wildman–Crippen LogP) is 5.09. The van der Waals surface area contributed by atoms with Gasteiger partial charge in [0.2, 0.25) is 0 Å². The zero-order valence-electron chi connectivity index (χ0n) is 13.5. The molecule has 0 atom stereocenters. The Hall–Kier alpha value is -2.87. The van der Waals surface area contributed by atoms with Crippen molar-refractivity contribution in [2.45, 2.75) is 6.18 Å². The van der Waals surface area contributed by atoms with Crippen LogP contribution in [0.3, 0.4) is 0 Å². The standard InChI is InChI=1S/C18H13F3N2O2S/c1-25-15-8-3-2-7-13(15)22-16(24)14-10-26-17(23-14)11-5-4-6-12(9-11)18(19,20)21/h2-10H,1H3,(H,22,24). The maximum Gasteiger partial charge on any atom is 0.416 e. The van der Waals surface area contributed by atoms with Gasteiger partial charge in [-0.25, -0.2) is 4.98 Å². The first-order chi connectivity index (χ1) is 12.4. The number of anilines is 1. The van der Waals surface area contributed by atoms with Gasteiger partial charge in [0, 0.05) is 10.9 Å². The average molecular weight is 378 g/mol. The van der Waals surface area contributed by atoms with Crippen LogP contribution in [0.2, 0.25) is 0 Å². The SMILES string of the molecule is COc1ccccc1NC(=O)c1csc(-c2cccc(C(F)(F)F)c2)n1. The highest BCUT2D eigenvalue weighted by molar-refractivity contribution is 7.13. The number of ether oxygens (including phenoxy) is 1. The monoisotopic (exact) mass is 378 g/mol. The summed E-state index contributed by atoms with van der Waals surface area (Å²) in [5, 5.41) is 4.51. The van der Waals surface area contributed by atoms with Gasteiger partial charge in [0.25, 0.3) is 5.91 Å². The molecular formula is C18H13F3N2O2S. The van der Waals surface area contributed by atoms with Crippen molar-refractivity contribution in [3.8, 4) is 16.3 Å². The van der Waals surface area contributed by atoms with Gasteiger partial charge in [0.15, 0.2) is 0 Å². The maximum absolute atomic E-state index is 12.8. The van der Waals surface area contributed by atoms with Crippen molar-refractivity contribution in [1.29, 1.82) is 0 Å². The van der Waals surface area contributed by atoms with Crippen molar-refractivity contribution < 1.29 is 22.7 Å². The van der Waals surface area contributed by atoms with E-state index in [0.717, 1.165) is 23.5 Å². The molecule has 0 aliphatic carbocycles. The predicted molar refractivity (Wildman–Crippen MR) is 93.5 cm³/mol. The van der Waals surface area contributed by atoms with Crippen molar-refractivity contribution in [1.82, 2.24) is 4.98 Å². The summed E-state index contributed by atoms with van der Waals surface area (Å²) in [6, 6.07) is 11.7. The fraction of sp³-hybridized carbons (Fsp3) is 0.111. The van der Waals surface area contributed by atoms with Crippen molar-refractivity contribution in [3.63, 3.8) is 0 Å². The lowest BCUT2D eigenvalue weighted by atomic mass is 10.1. The number of benzene rings is 2. The second kappa shape index (κ2) is 7.17. The number of nitrogens with one attached hydrogen (secondary N) is 1. The number of para-hydroxylation sites is 2. The summed E-state index contributed by atoms with van der Waals surface area (Å²) in [6.45, 7) is 0. The summed E-state index contributed by atoms with van der Waals surface area (Å²) < 4.78 is 43.7. The molecule has 0 unspecified atom stereocenters. The number of nitrogens with zero attached hydrogens (tertiary/aromatic N) is 1. The lowest BCUT2D eigenvalue weighted by Crippen LogP contribution is -2.13. The van der Waals surface area contributed by atoms with Gasteiger partial charge < -0.3 is 10.1 Å². The van der Waals surface area contributed by atoms with E-state index in [2.05, 4.69) is 10.3 Å². The van der Waals surface area contributed by atoms with E-state index < -0.39 is 17.6 Å². The molecule has 1 amide bonds. The zero-order valence-corrected chi connectivity index (χ0v) is 14.3. The topological polar surface area (TPSA) is 51.2 Å². The minimum Gasteiger partial charge on any atom is -0.495 e. The molecule has 26 heavy (non-hydrogen) atoms. The number of methoxy groups -OCH3 is 1. The van der Waals surface area contributed by atoms with Crippen LogP contribution in [0.15, 0.2) is 53.9 Å². The number of aromatic nitrogens is 1. The summed E-state index contributed by atoms with van der Waals surface area (Å²) in [6.07, 6.45) is -4.43. The smallest absolute Gasteiger partial charge is 0.416 e. The van der Waals surface area contributed by atoms with Crippen LogP contribution in [0.1, 0.15) is 16.1 Å². The molecule has 0 fully saturated rings. The lowest BCUT2D eigenvalue weighted by Gasteiger charge is -2.08. The minimum atomic E-state index is -4.43. The first kappa shape index (κ1) is 17.9. The van der Waals surface area contributed by atoms with E-state index in [4.69, 9.17) is 4.74 Å². The number of thiazole rings is 1. The third kappa shape index (κ3) is 3.85. The van der Waals surface area contributed by atoms with Gasteiger partial charge in [-0.15, -0.1) is 11.3 Å². The van der Waals surface area contributed by atoms with Gasteiger partial charge in [-0.1, -0.05) is 24.3 Å². The van der Waals surface area contributed by atoms with E-state index in [-0.39, 0.29) is 5.69 Å². The molecule has 1 heterocycles. The van der Waals surface area contributed by atoms with Gasteiger partial charge in [0.05, 0.1) is 18.4 Å². The number of rotatable bonds is 4. The molecule has 1 aromatic heterocycles. The molecule has 0 radical (unpaired) electrons. The number of amides is 1. The Morgan fingerprint density at radius 2 is 1.92 bits per heavy atom. The van der Waals surface area contributed by atoms with Crippen LogP contribution in [0.5, 0.6) is 5.75 Å². The summed E-state index contributed by atoms with van der Waals surface area (Å²) >= 11 is 1.10. The maximum atomic E-state index is 12.8. The Bertz CT molecular complexity index is 938. The fourth-order valence-corrected chi connectivity index (χ4v) is 3.07. The molecule has 3 aromatic rings. The van der Waals surface area contributed by atoms with E-state index >= 15 is 0 Å². The summed E-state index contributed by atoms with van der Waals surface area (Å²) in [5.41, 5.74) is 0.147. The van der Waals surface area contributed by atoms with Crippen molar-refractivity contribution in [2.75, 3.05) is 12.4 Å². The largest absolute Gasteiger partial charge is 0.495 e. The highest BCUT2D eigenvalue weighted by atomic mass is 32.1. The molecule has 4 nitrogen and oxygen atoms in total. The van der Waals surface area contributed by atoms with Gasteiger partial charge >= 0.3 is 6.18 Å². The summed E-state index contributed by atoms with van der Waals surface area (Å²) in [4.78, 5) is 16.5. The molecule has 0 spiro atoms. The van der Waals surface area contributed by atoms with E-state index in [9.17, 15) is 18.0 Å². The number of hydrogen-bond donors (Lipinski definition) is 1. The third-order valence-corrected chi connectivity index (χ3v) is 4.42. The van der Waals surface area contributed by atoms with Crippen LogP contribution in [-0.2, 0) is 6.18 Å². The lowest BCUT2D eigenvalue weighted by molar-refractivity contribution is -0.137. The van der Waals surface area contributed by atoms with E-state index in [1.807, 2.05) is 0 Å². The number of carbonyl (C=O) groups excluding carboxylic acids is 1. The van der Waals surface area contributed by atoms with Crippen molar-refractivity contribution in [3.05, 3.63) is 65.2 Å². The molecule has 0 saturated carbocycles. The van der Waals surface area contributed by atoms with Crippen LogP contribution in [0.4, 0.5) is 18.9 Å². The number of alkyl halides is 3. The van der Waals surface area contributed by atoms with Crippen LogP contribution < -0.4 is 10.1 Å². The Morgan fingerprint density at radius 3 is 2.65 bits per heavy atom. The van der Waals surface area contributed by atoms with Gasteiger partial charge in [-0.2, -0.15) is 13.2 Å². The van der Waals surface area contributed by atoms with Crippen molar-refractivity contribution >= 4 is 22.9 Å². The molecule has 3 rings (SSSR count). The summed E-state index contributed by atoms with van der Waals surface area (Å²) in [7, 11) is 1.49. The number of hydrogen-bond acceptors (Lipinski definition) is 4. The van der Waals surface area contributed by atoms with Crippen LogP contribution >= 0.6 is 11.3 Å². The normalized spacial score (nSPS) is 11.2. The van der Waals surface area contributed by atoms with Crippen LogP contribution in [0, 0.1) is 0 Å². The first-order valence-corrected chi connectivity index (χ1v) is 8.34. The third-order valence-electron chi connectivity index (χ3n) is 3.53. The first-order valence-electron chi connectivity index (χ1n) is 7.46. The average Bonchev–Trinajstić information content (AvgIpc) is 3.12. The molecule has 134 valence electrons. The molecular weight excluding hydrogens is 365 g/mol. The van der Waals surface area contributed by atoms with Crippen LogP contribution in [-0.4, -0.2) is 18.0 Å². The highest BCUT2D eigenvalue weighted by Crippen LogP contribution is 2.33. The highest BCUT2D eigenvalue weighted by Gasteiger charge is 2.30. The van der Waals surface area contributed by atoms with E-state index in [0.29, 0.717) is 22.0 Å². The Labute approximate surface area is 151 Å². The molecule has 0 saturated heterocycles. The van der Waals surface area contributed by atoms with E-state index in [1.165, 1.54) is 24.6 Å². The second-order valence-corrected chi connectivity index (χ2v) is 6.13. The van der Waals surface area contributed by atoms with E-state index in [1.54, 1.807) is 24.3 Å². The Balaban J connectivity index is 1.83. The zero-order chi connectivity index (χ0) is 18.7. The Kier molecular flexibility index (Phi) is 4.94. The molecule has 1 N–H and O–H groups in total. The van der Waals surface area contributed by atoms with Crippen LogP contribution in [0.25, 0.3) is 10.6 Å². The fourth-order valence-electron chi connectivity index (χ4n) is 2.27. The number of halogens is 3. The minimum absolute atomic E-state index is 0.119. The van der Waals surface area contributed by atoms with Gasteiger partial charge in [-0.3, -0.25) is 4.79 Å². The van der Waals surface area contributed by atoms with Gasteiger partial charge in [-0.05, 0) is 24.3 Å². The quantitative estimate of drug-likeness (QED) is 0.688. The molecule has 2 aromatic carbocycles. The second-order valence-electron chi connectivity index (χ2n) is 5.27. The molecule has 0 aliphatic rings. The van der Waals surface area contributed by atoms with Gasteiger partial charge in [0.1, 0.15) is 16.5 Å². The summed E-state index contributed by atoms with van der Waals surface area (Å²) in [5.74, 6) is 0.0261. The molecule has 0 bridgehead atoms. The molecule has 8 heteroatoms. The van der Waals surface area contributed by atoms with Crippen molar-refractivity contribution in [2.24, 2.45) is 0 Å². The Morgan fingerprint density at radius 1 is 1.15 bits per heavy atom. The number of carbonyl (C=O) groups is 1.